The van der Waals surface area contributed by atoms with E-state index in [4.69, 9.17) is 11.0 Å². The van der Waals surface area contributed by atoms with Crippen LogP contribution in [-0.4, -0.2) is 30.6 Å². The molecule has 4 heteroatoms. The highest BCUT2D eigenvalue weighted by Crippen LogP contribution is 2.22. The molecule has 0 spiro atoms. The summed E-state index contributed by atoms with van der Waals surface area (Å²) in [4.78, 5) is 2.35. The molecular weight excluding hydrogens is 224 g/mol. The van der Waals surface area contributed by atoms with Gasteiger partial charge in [0.2, 0.25) is 0 Å². The lowest BCUT2D eigenvalue weighted by atomic mass is 10.1. The van der Waals surface area contributed by atoms with Gasteiger partial charge in [0.15, 0.2) is 0 Å². The predicted octanol–water partition coefficient (Wildman–Crippen LogP) is 2.28. The Bertz CT molecular complexity index is 418. The number of hydrogen-bond donors (Lipinski definition) is 2. The third-order valence-corrected chi connectivity index (χ3v) is 3.05. The highest BCUT2D eigenvalue weighted by Gasteiger charge is 2.10. The van der Waals surface area contributed by atoms with Gasteiger partial charge in [-0.15, -0.1) is 0 Å². The number of nitrogens with two attached hydrogens (primary N) is 1. The third kappa shape index (κ3) is 3.64. The van der Waals surface area contributed by atoms with Gasteiger partial charge in [0.25, 0.3) is 0 Å². The van der Waals surface area contributed by atoms with Crippen molar-refractivity contribution in [1.29, 1.82) is 5.26 Å². The molecule has 0 fully saturated rings. The van der Waals surface area contributed by atoms with Crippen molar-refractivity contribution in [2.24, 2.45) is 0 Å². The summed E-state index contributed by atoms with van der Waals surface area (Å²) in [6, 6.07) is 7.88. The molecule has 0 bridgehead atoms. The summed E-state index contributed by atoms with van der Waals surface area (Å²) >= 11 is 0. The van der Waals surface area contributed by atoms with Gasteiger partial charge in [0, 0.05) is 12.6 Å². The van der Waals surface area contributed by atoms with E-state index in [0.29, 0.717) is 17.3 Å². The Balaban J connectivity index is 2.70. The molecule has 0 radical (unpaired) electrons. The molecule has 1 aromatic rings. The van der Waals surface area contributed by atoms with Gasteiger partial charge in [0.1, 0.15) is 6.07 Å². The van der Waals surface area contributed by atoms with Gasteiger partial charge < -0.3 is 16.0 Å². The average molecular weight is 246 g/mol. The van der Waals surface area contributed by atoms with E-state index in [9.17, 15) is 0 Å². The van der Waals surface area contributed by atoms with E-state index in [2.05, 4.69) is 37.1 Å². The Morgan fingerprint density at radius 3 is 2.61 bits per heavy atom. The van der Waals surface area contributed by atoms with Gasteiger partial charge in [-0.05, 0) is 32.1 Å². The van der Waals surface area contributed by atoms with E-state index in [1.807, 2.05) is 12.1 Å². The smallest absolute Gasteiger partial charge is 0.101 e. The minimum absolute atomic E-state index is 0.293. The van der Waals surface area contributed by atoms with Gasteiger partial charge >= 0.3 is 0 Å². The maximum Gasteiger partial charge on any atom is 0.101 e. The molecule has 1 unspecified atom stereocenters. The monoisotopic (exact) mass is 246 g/mol. The first-order valence-electron chi connectivity index (χ1n) is 6.39. The number of likely N-dealkylation sites (N-methyl/N-ethyl adjacent to an activating group) is 1. The van der Waals surface area contributed by atoms with Crippen molar-refractivity contribution in [2.45, 2.75) is 26.8 Å². The lowest BCUT2D eigenvalue weighted by Crippen LogP contribution is -2.34. The Hall–Kier alpha value is -1.73. The minimum atomic E-state index is 0.293. The zero-order valence-corrected chi connectivity index (χ0v) is 11.4. The molecule has 0 aromatic heterocycles. The van der Waals surface area contributed by atoms with Crippen LogP contribution in [0.3, 0.4) is 0 Å². The maximum absolute atomic E-state index is 8.93. The van der Waals surface area contributed by atoms with E-state index < -0.39 is 0 Å². The molecule has 0 aliphatic rings. The van der Waals surface area contributed by atoms with Crippen LogP contribution in [0.25, 0.3) is 0 Å². The van der Waals surface area contributed by atoms with Crippen molar-refractivity contribution < 1.29 is 0 Å². The molecule has 0 amide bonds. The van der Waals surface area contributed by atoms with E-state index >= 15 is 0 Å². The summed E-state index contributed by atoms with van der Waals surface area (Å²) in [6.45, 7) is 9.47. The normalized spacial score (nSPS) is 12.2. The highest BCUT2D eigenvalue weighted by molar-refractivity contribution is 5.73. The number of nitrogen functional groups attached to an aromatic ring is 1. The van der Waals surface area contributed by atoms with Crippen molar-refractivity contribution in [2.75, 3.05) is 30.7 Å². The molecular formula is C14H22N4. The van der Waals surface area contributed by atoms with Crippen LogP contribution in [0.15, 0.2) is 18.2 Å². The molecule has 1 aromatic carbocycles. The Morgan fingerprint density at radius 1 is 1.39 bits per heavy atom. The largest absolute Gasteiger partial charge is 0.396 e. The molecule has 0 saturated carbocycles. The number of hydrogen-bond acceptors (Lipinski definition) is 4. The summed E-state index contributed by atoms with van der Waals surface area (Å²) in [7, 11) is 0. The van der Waals surface area contributed by atoms with Crippen molar-refractivity contribution in [3.63, 3.8) is 0 Å². The zero-order chi connectivity index (χ0) is 13.5. The molecule has 4 nitrogen and oxygen atoms in total. The summed E-state index contributed by atoms with van der Waals surface area (Å²) in [5, 5.41) is 12.3. The van der Waals surface area contributed by atoms with Gasteiger partial charge in [-0.2, -0.15) is 5.26 Å². The van der Waals surface area contributed by atoms with Gasteiger partial charge in [-0.25, -0.2) is 0 Å². The summed E-state index contributed by atoms with van der Waals surface area (Å²) in [5.41, 5.74) is 7.84. The SMILES string of the molecule is CCN(CC)CC(C)Nc1cccc(C#N)c1N. The number of nitrogens with zero attached hydrogens (tertiary/aromatic N) is 2. The standard InChI is InChI=1S/C14H22N4/c1-4-18(5-2)10-11(3)17-13-8-6-7-12(9-15)14(13)16/h6-8,11,17H,4-5,10,16H2,1-3H3. The zero-order valence-electron chi connectivity index (χ0n) is 11.4. The molecule has 1 atom stereocenters. The van der Waals surface area contributed by atoms with E-state index in [-0.39, 0.29) is 0 Å². The van der Waals surface area contributed by atoms with Crippen molar-refractivity contribution in [1.82, 2.24) is 4.90 Å². The van der Waals surface area contributed by atoms with Gasteiger partial charge in [0.05, 0.1) is 16.9 Å². The van der Waals surface area contributed by atoms with Gasteiger partial charge in [-0.1, -0.05) is 19.9 Å². The highest BCUT2D eigenvalue weighted by atomic mass is 15.1. The van der Waals surface area contributed by atoms with Crippen LogP contribution in [0.5, 0.6) is 0 Å². The number of nitrogens with one attached hydrogen (secondary N) is 1. The Kier molecular flexibility index (Phi) is 5.47. The maximum atomic E-state index is 8.93. The van der Waals surface area contributed by atoms with Crippen LogP contribution in [0.4, 0.5) is 11.4 Å². The second-order valence-electron chi connectivity index (χ2n) is 4.41. The van der Waals surface area contributed by atoms with E-state index in [1.165, 1.54) is 0 Å². The average Bonchev–Trinajstić information content (AvgIpc) is 2.38. The fraction of sp³-hybridized carbons (Fsp3) is 0.500. The van der Waals surface area contributed by atoms with E-state index in [0.717, 1.165) is 25.3 Å². The topological polar surface area (TPSA) is 65.1 Å². The first-order chi connectivity index (χ1) is 8.62. The number of benzene rings is 1. The van der Waals surface area contributed by atoms with Crippen LogP contribution in [0, 0.1) is 11.3 Å². The quantitative estimate of drug-likeness (QED) is 0.756. The van der Waals surface area contributed by atoms with Crippen LogP contribution < -0.4 is 11.1 Å². The summed E-state index contributed by atoms with van der Waals surface area (Å²) < 4.78 is 0. The van der Waals surface area contributed by atoms with Gasteiger partial charge in [-0.3, -0.25) is 0 Å². The van der Waals surface area contributed by atoms with Crippen LogP contribution in [0.2, 0.25) is 0 Å². The summed E-state index contributed by atoms with van der Waals surface area (Å²) in [5.74, 6) is 0. The Morgan fingerprint density at radius 2 is 2.06 bits per heavy atom. The first kappa shape index (κ1) is 14.3. The Labute approximate surface area is 109 Å². The lowest BCUT2D eigenvalue weighted by Gasteiger charge is -2.24. The molecule has 0 saturated heterocycles. The molecule has 3 N–H and O–H groups in total. The fourth-order valence-electron chi connectivity index (χ4n) is 1.97. The van der Waals surface area contributed by atoms with Crippen LogP contribution in [0.1, 0.15) is 26.3 Å². The number of anilines is 2. The molecule has 98 valence electrons. The van der Waals surface area contributed by atoms with E-state index in [1.54, 1.807) is 6.07 Å². The number of para-hydroxylation sites is 1. The molecule has 0 aliphatic carbocycles. The molecule has 1 rings (SSSR count). The first-order valence-corrected chi connectivity index (χ1v) is 6.39. The fourth-order valence-corrected chi connectivity index (χ4v) is 1.97. The number of rotatable bonds is 6. The second-order valence-corrected chi connectivity index (χ2v) is 4.41. The lowest BCUT2D eigenvalue weighted by molar-refractivity contribution is 0.295. The van der Waals surface area contributed by atoms with Crippen molar-refractivity contribution >= 4 is 11.4 Å². The molecule has 0 aliphatic heterocycles. The van der Waals surface area contributed by atoms with Crippen LogP contribution in [-0.2, 0) is 0 Å². The molecule has 18 heavy (non-hydrogen) atoms. The van der Waals surface area contributed by atoms with Crippen LogP contribution >= 0.6 is 0 Å². The summed E-state index contributed by atoms with van der Waals surface area (Å²) in [6.07, 6.45) is 0. The van der Waals surface area contributed by atoms with Crippen molar-refractivity contribution in [3.8, 4) is 6.07 Å². The molecule has 0 heterocycles. The second kappa shape index (κ2) is 6.87. The number of nitriles is 1. The third-order valence-electron chi connectivity index (χ3n) is 3.05. The van der Waals surface area contributed by atoms with Crippen molar-refractivity contribution in [3.05, 3.63) is 23.8 Å². The predicted molar refractivity (Wildman–Crippen MR) is 76.4 cm³/mol. The minimum Gasteiger partial charge on any atom is -0.396 e.